The summed E-state index contributed by atoms with van der Waals surface area (Å²) in [7, 11) is 0. The third-order valence-electron chi connectivity index (χ3n) is 10.4. The van der Waals surface area contributed by atoms with Gasteiger partial charge in [0.25, 0.3) is 0 Å². The minimum Gasteiger partial charge on any atom is -0.387 e. The van der Waals surface area contributed by atoms with Crippen molar-refractivity contribution in [2.75, 3.05) is 6.67 Å². The molecule has 2 aromatic rings. The molecule has 8 atom stereocenters. The third-order valence-corrected chi connectivity index (χ3v) is 10.4. The van der Waals surface area contributed by atoms with E-state index in [1.165, 1.54) is 12.8 Å². The first-order valence-electron chi connectivity index (χ1n) is 13.0. The van der Waals surface area contributed by atoms with Gasteiger partial charge in [0.05, 0.1) is 5.60 Å². The monoisotopic (exact) mass is 453 g/mol. The van der Waals surface area contributed by atoms with Crippen LogP contribution in [-0.2, 0) is 11.3 Å². The van der Waals surface area contributed by atoms with Crippen molar-refractivity contribution in [1.29, 1.82) is 0 Å². The summed E-state index contributed by atoms with van der Waals surface area (Å²) in [4.78, 5) is 15.1. The van der Waals surface area contributed by atoms with Crippen molar-refractivity contribution in [3.05, 3.63) is 24.3 Å². The van der Waals surface area contributed by atoms with Crippen molar-refractivity contribution >= 4 is 16.8 Å². The van der Waals surface area contributed by atoms with E-state index in [2.05, 4.69) is 17.1 Å². The molecular formula is C27H36FN3O2. The quantitative estimate of drug-likeness (QED) is 0.710. The molecule has 178 valence electrons. The van der Waals surface area contributed by atoms with Crippen LogP contribution < -0.4 is 0 Å². The van der Waals surface area contributed by atoms with E-state index in [-0.39, 0.29) is 23.7 Å². The molecule has 1 aromatic carbocycles. The van der Waals surface area contributed by atoms with E-state index in [0.29, 0.717) is 42.4 Å². The number of carbonyl (C=O) groups is 1. The number of Topliss-reactive ketones (excluding diaryl/α,β-unsaturated/α-hetero) is 1. The molecule has 6 rings (SSSR count). The van der Waals surface area contributed by atoms with E-state index < -0.39 is 12.3 Å². The Morgan fingerprint density at radius 2 is 1.76 bits per heavy atom. The highest BCUT2D eigenvalue weighted by atomic mass is 19.1. The fourth-order valence-corrected chi connectivity index (χ4v) is 8.84. The van der Waals surface area contributed by atoms with Crippen LogP contribution in [0, 0.1) is 40.9 Å². The van der Waals surface area contributed by atoms with Crippen molar-refractivity contribution < 1.29 is 14.3 Å². The molecule has 1 N–H and O–H groups in total. The van der Waals surface area contributed by atoms with Crippen molar-refractivity contribution in [2.24, 2.45) is 40.9 Å². The van der Waals surface area contributed by atoms with Gasteiger partial charge in [0.1, 0.15) is 24.3 Å². The maximum Gasteiger partial charge on any atom is 0.159 e. The van der Waals surface area contributed by atoms with Crippen LogP contribution in [0.4, 0.5) is 4.39 Å². The van der Waals surface area contributed by atoms with E-state index >= 15 is 0 Å². The van der Waals surface area contributed by atoms with Gasteiger partial charge in [-0.15, -0.1) is 0 Å². The molecule has 0 aliphatic heterocycles. The van der Waals surface area contributed by atoms with Gasteiger partial charge in [0.15, 0.2) is 5.78 Å². The molecule has 1 heterocycles. The second kappa shape index (κ2) is 7.86. The molecule has 5 nitrogen and oxygen atoms in total. The molecule has 0 spiro atoms. The van der Waals surface area contributed by atoms with Gasteiger partial charge in [-0.1, -0.05) is 19.1 Å². The highest BCUT2D eigenvalue weighted by Gasteiger charge is 2.59. The summed E-state index contributed by atoms with van der Waals surface area (Å²) in [6.07, 6.45) is 8.95. The van der Waals surface area contributed by atoms with Gasteiger partial charge >= 0.3 is 0 Å². The molecule has 6 heteroatoms. The SMILES string of the molecule is C[C@]12CC[C@H]3[C@@H](CC[C@H]4C[C@@](O)(CF)CC[C@@H]43)[C@@H]1CC[C@@H]2C(=O)Cn1nc2ccccc2n1. The van der Waals surface area contributed by atoms with Gasteiger partial charge in [-0.2, -0.15) is 15.0 Å². The summed E-state index contributed by atoms with van der Waals surface area (Å²) >= 11 is 0. The van der Waals surface area contributed by atoms with Gasteiger partial charge in [-0.05, 0) is 105 Å². The molecule has 0 bridgehead atoms. The maximum atomic E-state index is 13.5. The van der Waals surface area contributed by atoms with Crippen LogP contribution in [-0.4, -0.2) is 38.2 Å². The number of benzene rings is 1. The summed E-state index contributed by atoms with van der Waals surface area (Å²) in [5, 5.41) is 19.6. The number of nitrogens with zero attached hydrogens (tertiary/aromatic N) is 3. The third kappa shape index (κ3) is 3.46. The molecule has 1 aromatic heterocycles. The molecule has 4 fully saturated rings. The average Bonchev–Trinajstić information content (AvgIpc) is 3.38. The fourth-order valence-electron chi connectivity index (χ4n) is 8.84. The molecule has 0 amide bonds. The topological polar surface area (TPSA) is 68.0 Å². The molecule has 4 aliphatic carbocycles. The van der Waals surface area contributed by atoms with Crippen LogP contribution in [0.3, 0.4) is 0 Å². The number of ketones is 1. The molecule has 4 saturated carbocycles. The maximum absolute atomic E-state index is 13.5. The number of aromatic nitrogens is 3. The van der Waals surface area contributed by atoms with E-state index in [1.807, 2.05) is 24.3 Å². The van der Waals surface area contributed by atoms with E-state index in [0.717, 1.165) is 43.1 Å². The second-order valence-corrected chi connectivity index (χ2v) is 11.9. The number of fused-ring (bicyclic) bond motifs is 6. The molecule has 0 radical (unpaired) electrons. The van der Waals surface area contributed by atoms with E-state index in [1.54, 1.807) is 4.80 Å². The van der Waals surface area contributed by atoms with Crippen LogP contribution >= 0.6 is 0 Å². The normalized spacial score (nSPS) is 42.5. The second-order valence-electron chi connectivity index (χ2n) is 11.9. The Morgan fingerprint density at radius 1 is 1.03 bits per heavy atom. The number of rotatable bonds is 4. The summed E-state index contributed by atoms with van der Waals surface area (Å²) < 4.78 is 13.4. The van der Waals surface area contributed by atoms with Crippen molar-refractivity contribution in [2.45, 2.75) is 76.9 Å². The predicted octanol–water partition coefficient (Wildman–Crippen LogP) is 4.97. The summed E-state index contributed by atoms with van der Waals surface area (Å²) in [6.45, 7) is 2.04. The van der Waals surface area contributed by atoms with Gasteiger partial charge in [-0.25, -0.2) is 4.39 Å². The zero-order valence-electron chi connectivity index (χ0n) is 19.6. The van der Waals surface area contributed by atoms with Crippen LogP contribution in [0.1, 0.15) is 64.7 Å². The molecular weight excluding hydrogens is 417 g/mol. The van der Waals surface area contributed by atoms with Crippen LogP contribution in [0.2, 0.25) is 0 Å². The smallest absolute Gasteiger partial charge is 0.159 e. The lowest BCUT2D eigenvalue weighted by molar-refractivity contribution is -0.134. The molecule has 0 unspecified atom stereocenters. The number of carbonyl (C=O) groups excluding carboxylic acids is 1. The summed E-state index contributed by atoms with van der Waals surface area (Å²) in [6, 6.07) is 7.77. The van der Waals surface area contributed by atoms with Crippen molar-refractivity contribution in [1.82, 2.24) is 15.0 Å². The van der Waals surface area contributed by atoms with Crippen molar-refractivity contribution in [3.8, 4) is 0 Å². The Kier molecular flexibility index (Phi) is 5.17. The minimum absolute atomic E-state index is 0.0754. The largest absolute Gasteiger partial charge is 0.387 e. The summed E-state index contributed by atoms with van der Waals surface area (Å²) in [5.41, 5.74) is 0.676. The van der Waals surface area contributed by atoms with Crippen LogP contribution in [0.25, 0.3) is 11.0 Å². The number of halogens is 1. The van der Waals surface area contributed by atoms with Gasteiger partial charge in [-0.3, -0.25) is 4.79 Å². The Morgan fingerprint density at radius 3 is 2.48 bits per heavy atom. The Labute approximate surface area is 195 Å². The molecule has 4 aliphatic rings. The predicted molar refractivity (Wildman–Crippen MR) is 124 cm³/mol. The van der Waals surface area contributed by atoms with Gasteiger partial charge in [0, 0.05) is 5.92 Å². The number of hydrogen-bond acceptors (Lipinski definition) is 4. The first-order valence-corrected chi connectivity index (χ1v) is 13.0. The Balaban J connectivity index is 1.17. The fraction of sp³-hybridized carbons (Fsp3) is 0.741. The average molecular weight is 454 g/mol. The van der Waals surface area contributed by atoms with E-state index in [4.69, 9.17) is 0 Å². The molecule has 0 saturated heterocycles. The van der Waals surface area contributed by atoms with E-state index in [9.17, 15) is 14.3 Å². The minimum atomic E-state index is -1.08. The number of aliphatic hydroxyl groups is 1. The van der Waals surface area contributed by atoms with Gasteiger partial charge < -0.3 is 5.11 Å². The lowest BCUT2D eigenvalue weighted by atomic mass is 9.49. The first-order chi connectivity index (χ1) is 15.9. The summed E-state index contributed by atoms with van der Waals surface area (Å²) in [5.74, 6) is 3.48. The highest BCUT2D eigenvalue weighted by Crippen LogP contribution is 2.64. The standard InChI is InChI=1S/C27H36FN3O2/c1-26-12-10-19-18-11-13-27(33,16-28)14-17(18)6-7-20(19)21(26)8-9-22(26)25(32)15-31-29-23-4-2-3-5-24(23)30-31/h2-5,17-22,33H,6-16H2,1H3/t17-,18-,19+,20+,21-,22+,26-,27+/m0/s1. The van der Waals surface area contributed by atoms with Crippen LogP contribution in [0.5, 0.6) is 0 Å². The van der Waals surface area contributed by atoms with Crippen molar-refractivity contribution in [3.63, 3.8) is 0 Å². The Bertz CT molecular complexity index is 1020. The lowest BCUT2D eigenvalue weighted by Gasteiger charge is -2.56. The first kappa shape index (κ1) is 21.7. The number of hydrogen-bond donors (Lipinski definition) is 1. The lowest BCUT2D eigenvalue weighted by Crippen LogP contribution is -2.52. The Hall–Kier alpha value is -1.82. The number of alkyl halides is 1. The van der Waals surface area contributed by atoms with Crippen LogP contribution in [0.15, 0.2) is 24.3 Å². The van der Waals surface area contributed by atoms with Gasteiger partial charge in [0.2, 0.25) is 0 Å². The zero-order chi connectivity index (χ0) is 22.8. The highest BCUT2D eigenvalue weighted by molar-refractivity contribution is 5.82. The zero-order valence-corrected chi connectivity index (χ0v) is 19.6. The molecule has 33 heavy (non-hydrogen) atoms.